The number of carbonyl (C=O) groups excluding carboxylic acids is 1. The molecule has 1 saturated heterocycles. The molecule has 0 radical (unpaired) electrons. The lowest BCUT2D eigenvalue weighted by molar-refractivity contribution is -0.116. The number of phenolic OH excluding ortho intramolecular Hbond substituents is 3. The van der Waals surface area contributed by atoms with Crippen LogP contribution < -0.4 is 9.47 Å². The van der Waals surface area contributed by atoms with Gasteiger partial charge in [-0.15, -0.1) is 0 Å². The second-order valence-corrected chi connectivity index (χ2v) is 6.41. The first-order chi connectivity index (χ1) is 13.7. The Labute approximate surface area is 164 Å². The number of carbonyl (C=O) groups is 1. The molecule has 0 spiro atoms. The molecule has 1 heterocycles. The Morgan fingerprint density at radius 1 is 1.03 bits per heavy atom. The molecule has 3 rings (SSSR count). The van der Waals surface area contributed by atoms with E-state index in [1.54, 1.807) is 0 Å². The summed E-state index contributed by atoms with van der Waals surface area (Å²) in [7, 11) is 1.32. The van der Waals surface area contributed by atoms with Crippen molar-refractivity contribution in [3.8, 4) is 28.7 Å². The normalized spacial score (nSPS) is 23.7. The van der Waals surface area contributed by atoms with Crippen LogP contribution in [0.2, 0.25) is 0 Å². The van der Waals surface area contributed by atoms with Gasteiger partial charge in [-0.25, -0.2) is 0 Å². The second-order valence-electron chi connectivity index (χ2n) is 6.41. The van der Waals surface area contributed by atoms with Gasteiger partial charge in [-0.1, -0.05) is 0 Å². The zero-order valence-electron chi connectivity index (χ0n) is 15.2. The molecule has 0 saturated carbocycles. The molecule has 6 N–H and O–H groups in total. The number of aliphatic hydroxyl groups is 3. The van der Waals surface area contributed by atoms with Gasteiger partial charge in [-0.05, 0) is 12.1 Å². The highest BCUT2D eigenvalue weighted by Gasteiger charge is 2.44. The minimum atomic E-state index is -1.53. The van der Waals surface area contributed by atoms with E-state index in [1.165, 1.54) is 13.2 Å². The van der Waals surface area contributed by atoms with Gasteiger partial charge in [-0.2, -0.15) is 0 Å². The summed E-state index contributed by atoms with van der Waals surface area (Å²) in [5, 5.41) is 58.8. The molecule has 4 atom stereocenters. The van der Waals surface area contributed by atoms with Crippen molar-refractivity contribution in [3.63, 3.8) is 0 Å². The Kier molecular flexibility index (Phi) is 5.80. The molecular formula is C19H20O10. The van der Waals surface area contributed by atoms with Crippen LogP contribution >= 0.6 is 0 Å². The van der Waals surface area contributed by atoms with Gasteiger partial charge in [-0.3, -0.25) is 4.79 Å². The number of aliphatic hydroxyl groups excluding tert-OH is 3. The molecule has 2 aromatic rings. The predicted molar refractivity (Wildman–Crippen MR) is 96.3 cm³/mol. The molecule has 1 fully saturated rings. The van der Waals surface area contributed by atoms with Crippen LogP contribution in [0.5, 0.6) is 28.7 Å². The fourth-order valence-electron chi connectivity index (χ4n) is 2.97. The molecule has 1 unspecified atom stereocenters. The molecule has 29 heavy (non-hydrogen) atoms. The molecule has 0 aromatic heterocycles. The summed E-state index contributed by atoms with van der Waals surface area (Å²) in [6, 6.07) is 5.61. The van der Waals surface area contributed by atoms with E-state index in [-0.39, 0.29) is 34.1 Å². The fraction of sp³-hybridized carbons (Fsp3) is 0.316. The van der Waals surface area contributed by atoms with E-state index >= 15 is 0 Å². The van der Waals surface area contributed by atoms with E-state index < -0.39 is 42.7 Å². The number of aromatic hydroxyl groups is 3. The number of hydrogen-bond acceptors (Lipinski definition) is 10. The maximum absolute atomic E-state index is 12.9. The number of benzene rings is 2. The Bertz CT molecular complexity index is 892. The smallest absolute Gasteiger partial charge is 0.229 e. The zero-order valence-corrected chi connectivity index (χ0v) is 15.2. The number of methoxy groups -OCH3 is 1. The van der Waals surface area contributed by atoms with E-state index in [9.17, 15) is 35.4 Å². The van der Waals surface area contributed by atoms with Crippen molar-refractivity contribution < 1.29 is 49.6 Å². The van der Waals surface area contributed by atoms with Crippen LogP contribution in [-0.2, 0) is 4.74 Å². The van der Waals surface area contributed by atoms with Crippen molar-refractivity contribution in [1.29, 1.82) is 0 Å². The highest BCUT2D eigenvalue weighted by Crippen LogP contribution is 2.38. The SMILES string of the molecule is COc1cc(O)c(C(=O)c2cc(O)cc(O)c2)c(OC2O[C@@H](CO)[C@H](O)[C@H]2O)c1. The summed E-state index contributed by atoms with van der Waals surface area (Å²) in [6.45, 7) is -0.574. The van der Waals surface area contributed by atoms with Crippen LogP contribution in [0.25, 0.3) is 0 Å². The number of ether oxygens (including phenoxy) is 3. The predicted octanol–water partition coefficient (Wildman–Crippen LogP) is -0.139. The van der Waals surface area contributed by atoms with Crippen LogP contribution in [0.15, 0.2) is 30.3 Å². The van der Waals surface area contributed by atoms with Gasteiger partial charge in [0.25, 0.3) is 0 Å². The van der Waals surface area contributed by atoms with E-state index in [4.69, 9.17) is 14.2 Å². The highest BCUT2D eigenvalue weighted by atomic mass is 16.7. The van der Waals surface area contributed by atoms with E-state index in [2.05, 4.69) is 0 Å². The van der Waals surface area contributed by atoms with Crippen LogP contribution in [0.1, 0.15) is 15.9 Å². The van der Waals surface area contributed by atoms with E-state index in [1.807, 2.05) is 0 Å². The van der Waals surface area contributed by atoms with Gasteiger partial charge < -0.3 is 44.8 Å². The number of hydrogen-bond donors (Lipinski definition) is 6. The van der Waals surface area contributed by atoms with Crippen molar-refractivity contribution in [2.45, 2.75) is 24.6 Å². The topological polar surface area (TPSA) is 166 Å². The summed E-state index contributed by atoms with van der Waals surface area (Å²) < 4.78 is 15.8. The van der Waals surface area contributed by atoms with Crippen molar-refractivity contribution >= 4 is 5.78 Å². The standard InChI is InChI=1S/C19H20O10/c1-27-11-5-12(23)15(16(24)8-2-9(21)4-10(22)3-8)13(6-11)28-19-18(26)17(25)14(7-20)29-19/h2-6,14,17-23,25-26H,7H2,1H3/t14-,17-,18+,19?/m0/s1. The molecule has 10 heteroatoms. The summed E-state index contributed by atoms with van der Waals surface area (Å²) in [6.07, 6.45) is -5.51. The molecule has 156 valence electrons. The first kappa shape index (κ1) is 20.7. The van der Waals surface area contributed by atoms with Crippen molar-refractivity contribution in [2.24, 2.45) is 0 Å². The summed E-state index contributed by atoms with van der Waals surface area (Å²) in [5.74, 6) is -2.19. The number of ketones is 1. The second kappa shape index (κ2) is 8.13. The van der Waals surface area contributed by atoms with Crippen LogP contribution in [0.4, 0.5) is 0 Å². The van der Waals surface area contributed by atoms with Crippen molar-refractivity contribution in [2.75, 3.05) is 13.7 Å². The van der Waals surface area contributed by atoms with E-state index in [0.29, 0.717) is 0 Å². The van der Waals surface area contributed by atoms with Gasteiger partial charge in [0.15, 0.2) is 0 Å². The fourth-order valence-corrected chi connectivity index (χ4v) is 2.97. The molecule has 2 aromatic carbocycles. The average molecular weight is 408 g/mol. The first-order valence-corrected chi connectivity index (χ1v) is 8.53. The number of rotatable bonds is 6. The molecule has 1 aliphatic rings. The Morgan fingerprint density at radius 2 is 1.69 bits per heavy atom. The minimum Gasteiger partial charge on any atom is -0.508 e. The minimum absolute atomic E-state index is 0.125. The van der Waals surface area contributed by atoms with Gasteiger partial charge in [0.1, 0.15) is 52.6 Å². The van der Waals surface area contributed by atoms with Crippen LogP contribution in [0, 0.1) is 0 Å². The summed E-state index contributed by atoms with van der Waals surface area (Å²) in [5.41, 5.74) is -0.498. The van der Waals surface area contributed by atoms with E-state index in [0.717, 1.165) is 24.3 Å². The Balaban J connectivity index is 2.02. The highest BCUT2D eigenvalue weighted by molar-refractivity contribution is 6.13. The maximum atomic E-state index is 12.9. The molecular weight excluding hydrogens is 388 g/mol. The zero-order chi connectivity index (χ0) is 21.3. The largest absolute Gasteiger partial charge is 0.508 e. The van der Waals surface area contributed by atoms with Crippen LogP contribution in [-0.4, -0.2) is 74.7 Å². The Morgan fingerprint density at radius 3 is 2.24 bits per heavy atom. The third-order valence-corrected chi connectivity index (χ3v) is 4.42. The summed E-state index contributed by atoms with van der Waals surface area (Å²) in [4.78, 5) is 12.9. The molecule has 1 aliphatic heterocycles. The molecule has 10 nitrogen and oxygen atoms in total. The lowest BCUT2D eigenvalue weighted by Crippen LogP contribution is -2.35. The van der Waals surface area contributed by atoms with Gasteiger partial charge >= 0.3 is 0 Å². The average Bonchev–Trinajstić information content (AvgIpc) is 2.94. The lowest BCUT2D eigenvalue weighted by Gasteiger charge is -2.20. The van der Waals surface area contributed by atoms with Gasteiger partial charge in [0.2, 0.25) is 12.1 Å². The molecule has 0 bridgehead atoms. The quantitative estimate of drug-likeness (QED) is 0.354. The van der Waals surface area contributed by atoms with Gasteiger partial charge in [0.05, 0.1) is 13.7 Å². The number of phenols is 3. The Hall–Kier alpha value is -3.05. The van der Waals surface area contributed by atoms with Crippen LogP contribution in [0.3, 0.4) is 0 Å². The maximum Gasteiger partial charge on any atom is 0.229 e. The van der Waals surface area contributed by atoms with Crippen molar-refractivity contribution in [1.82, 2.24) is 0 Å². The lowest BCUT2D eigenvalue weighted by atomic mass is 10.0. The van der Waals surface area contributed by atoms with Crippen molar-refractivity contribution in [3.05, 3.63) is 41.5 Å². The molecule has 0 amide bonds. The summed E-state index contributed by atoms with van der Waals surface area (Å²) >= 11 is 0. The third-order valence-electron chi connectivity index (χ3n) is 4.42. The third kappa shape index (κ3) is 4.05. The van der Waals surface area contributed by atoms with Gasteiger partial charge in [0, 0.05) is 23.8 Å². The first-order valence-electron chi connectivity index (χ1n) is 8.53. The molecule has 0 aliphatic carbocycles. The monoisotopic (exact) mass is 408 g/mol.